The molecule has 1 unspecified atom stereocenters. The fourth-order valence-electron chi connectivity index (χ4n) is 1.40. The Bertz CT molecular complexity index is 336. The van der Waals surface area contributed by atoms with Crippen LogP contribution in [-0.4, -0.2) is 11.5 Å². The van der Waals surface area contributed by atoms with Gasteiger partial charge in [0.1, 0.15) is 0 Å². The molecule has 0 bridgehead atoms. The van der Waals surface area contributed by atoms with Crippen molar-refractivity contribution in [2.75, 3.05) is 6.54 Å². The number of hydrogen-bond acceptors (Lipinski definition) is 3. The zero-order valence-electron chi connectivity index (χ0n) is 8.92. The number of hydrogen-bond donors (Lipinski definition) is 1. The topological polar surface area (TPSA) is 24.9 Å². The molecule has 1 rings (SSSR count). The molecule has 0 aromatic carbocycles. The van der Waals surface area contributed by atoms with E-state index in [0.29, 0.717) is 6.04 Å². The van der Waals surface area contributed by atoms with E-state index in [9.17, 15) is 0 Å². The molecule has 14 heavy (non-hydrogen) atoms. The fourth-order valence-corrected chi connectivity index (χ4v) is 2.32. The van der Waals surface area contributed by atoms with Crippen LogP contribution in [0.1, 0.15) is 35.0 Å². The summed E-state index contributed by atoms with van der Waals surface area (Å²) in [6, 6.07) is 0.299. The van der Waals surface area contributed by atoms with E-state index >= 15 is 0 Å². The summed E-state index contributed by atoms with van der Waals surface area (Å²) >= 11 is 1.75. The third-order valence-electron chi connectivity index (χ3n) is 2.07. The molecule has 1 aromatic heterocycles. The number of aryl methyl sites for hydroxylation is 2. The predicted molar refractivity (Wildman–Crippen MR) is 61.5 cm³/mol. The molecular weight excluding hydrogens is 192 g/mol. The number of aromatic nitrogens is 1. The maximum absolute atomic E-state index is 5.18. The maximum atomic E-state index is 5.18. The third kappa shape index (κ3) is 2.83. The van der Waals surface area contributed by atoms with Gasteiger partial charge in [-0.1, -0.05) is 0 Å². The van der Waals surface area contributed by atoms with Crippen LogP contribution < -0.4 is 5.32 Å². The lowest BCUT2D eigenvalue weighted by Crippen LogP contribution is -2.20. The highest BCUT2D eigenvalue weighted by molar-refractivity contribution is 7.11. The van der Waals surface area contributed by atoms with Gasteiger partial charge in [0, 0.05) is 23.9 Å². The number of thiazole rings is 1. The van der Waals surface area contributed by atoms with E-state index in [-0.39, 0.29) is 0 Å². The number of nitrogens with one attached hydrogen (secondary N) is 1. The molecule has 0 saturated heterocycles. The summed E-state index contributed by atoms with van der Waals surface area (Å²) in [5, 5.41) is 4.48. The molecule has 3 heteroatoms. The predicted octanol–water partition coefficient (Wildman–Crippen LogP) is 2.43. The minimum Gasteiger partial charge on any atom is -0.308 e. The average molecular weight is 208 g/mol. The van der Waals surface area contributed by atoms with Crippen molar-refractivity contribution < 1.29 is 0 Å². The van der Waals surface area contributed by atoms with Gasteiger partial charge < -0.3 is 5.32 Å². The van der Waals surface area contributed by atoms with Crippen LogP contribution in [0, 0.1) is 26.2 Å². The average Bonchev–Trinajstić information content (AvgIpc) is 2.45. The zero-order chi connectivity index (χ0) is 10.6. The van der Waals surface area contributed by atoms with E-state index in [1.54, 1.807) is 11.3 Å². The van der Waals surface area contributed by atoms with Crippen LogP contribution >= 0.6 is 11.3 Å². The Morgan fingerprint density at radius 2 is 2.29 bits per heavy atom. The van der Waals surface area contributed by atoms with Crippen molar-refractivity contribution in [2.24, 2.45) is 0 Å². The highest BCUT2D eigenvalue weighted by Crippen LogP contribution is 2.22. The van der Waals surface area contributed by atoms with Gasteiger partial charge in [-0.15, -0.1) is 23.7 Å². The van der Waals surface area contributed by atoms with Gasteiger partial charge in [-0.25, -0.2) is 4.98 Å². The van der Waals surface area contributed by atoms with Crippen molar-refractivity contribution in [3.05, 3.63) is 15.6 Å². The van der Waals surface area contributed by atoms with Gasteiger partial charge in [0.2, 0.25) is 0 Å². The molecule has 1 N–H and O–H groups in total. The first-order valence-electron chi connectivity index (χ1n) is 4.76. The van der Waals surface area contributed by atoms with Gasteiger partial charge in [0.25, 0.3) is 0 Å². The first-order chi connectivity index (χ1) is 6.65. The molecule has 0 saturated carbocycles. The second-order valence-corrected chi connectivity index (χ2v) is 4.71. The quantitative estimate of drug-likeness (QED) is 0.607. The smallest absolute Gasteiger partial charge is 0.0900 e. The first-order valence-corrected chi connectivity index (χ1v) is 5.57. The standard InChI is InChI=1S/C11H16N2S/c1-5-6-7-12-8(2)11-9(3)14-10(4)13-11/h1,8,12H,6-7H2,2-4H3. The molecule has 1 atom stereocenters. The SMILES string of the molecule is C#CCCNC(C)c1nc(C)sc1C. The van der Waals surface area contributed by atoms with Gasteiger partial charge in [-0.2, -0.15) is 0 Å². The van der Waals surface area contributed by atoms with Gasteiger partial charge in [-0.3, -0.25) is 0 Å². The number of nitrogens with zero attached hydrogens (tertiary/aromatic N) is 1. The van der Waals surface area contributed by atoms with Crippen molar-refractivity contribution in [1.29, 1.82) is 0 Å². The van der Waals surface area contributed by atoms with Crippen LogP contribution in [0.2, 0.25) is 0 Å². The van der Waals surface area contributed by atoms with E-state index < -0.39 is 0 Å². The normalized spacial score (nSPS) is 12.4. The number of rotatable bonds is 4. The molecule has 0 aliphatic carbocycles. The summed E-state index contributed by atoms with van der Waals surface area (Å²) in [6.07, 6.45) is 5.95. The molecule has 1 aromatic rings. The van der Waals surface area contributed by atoms with E-state index in [0.717, 1.165) is 23.7 Å². The minimum atomic E-state index is 0.299. The molecule has 0 spiro atoms. The summed E-state index contributed by atoms with van der Waals surface area (Å²) in [5.41, 5.74) is 1.16. The Morgan fingerprint density at radius 1 is 1.57 bits per heavy atom. The second kappa shape index (κ2) is 5.14. The highest BCUT2D eigenvalue weighted by atomic mass is 32.1. The van der Waals surface area contributed by atoms with Crippen LogP contribution in [0.15, 0.2) is 0 Å². The first kappa shape index (κ1) is 11.2. The Balaban J connectivity index is 2.56. The Labute approximate surface area is 89.8 Å². The van der Waals surface area contributed by atoms with Crippen LogP contribution in [0.25, 0.3) is 0 Å². The molecule has 0 radical (unpaired) electrons. The van der Waals surface area contributed by atoms with Gasteiger partial charge in [0.05, 0.1) is 10.7 Å². The third-order valence-corrected chi connectivity index (χ3v) is 2.97. The van der Waals surface area contributed by atoms with E-state index in [2.05, 4.69) is 30.1 Å². The Morgan fingerprint density at radius 3 is 2.79 bits per heavy atom. The van der Waals surface area contributed by atoms with Crippen molar-refractivity contribution in [1.82, 2.24) is 10.3 Å². The lowest BCUT2D eigenvalue weighted by molar-refractivity contribution is 0.570. The molecule has 0 aliphatic rings. The molecular formula is C11H16N2S. The largest absolute Gasteiger partial charge is 0.308 e. The Hall–Kier alpha value is -0.850. The van der Waals surface area contributed by atoms with Crippen LogP contribution in [0.3, 0.4) is 0 Å². The molecule has 0 aliphatic heterocycles. The van der Waals surface area contributed by atoms with Crippen LogP contribution in [0.4, 0.5) is 0 Å². The lowest BCUT2D eigenvalue weighted by Gasteiger charge is -2.10. The Kier molecular flexibility index (Phi) is 4.12. The summed E-state index contributed by atoms with van der Waals surface area (Å²) in [7, 11) is 0. The highest BCUT2D eigenvalue weighted by Gasteiger charge is 2.11. The molecule has 1 heterocycles. The van der Waals surface area contributed by atoms with Gasteiger partial charge >= 0.3 is 0 Å². The van der Waals surface area contributed by atoms with E-state index in [1.807, 2.05) is 6.92 Å². The van der Waals surface area contributed by atoms with Gasteiger partial charge in [0.15, 0.2) is 0 Å². The number of terminal acetylenes is 1. The monoisotopic (exact) mass is 208 g/mol. The zero-order valence-corrected chi connectivity index (χ0v) is 9.74. The van der Waals surface area contributed by atoms with Crippen molar-refractivity contribution in [3.63, 3.8) is 0 Å². The van der Waals surface area contributed by atoms with E-state index in [1.165, 1.54) is 4.88 Å². The van der Waals surface area contributed by atoms with Crippen LogP contribution in [-0.2, 0) is 0 Å². The molecule has 76 valence electrons. The summed E-state index contributed by atoms with van der Waals surface area (Å²) in [5.74, 6) is 2.61. The van der Waals surface area contributed by atoms with Crippen LogP contribution in [0.5, 0.6) is 0 Å². The van der Waals surface area contributed by atoms with Crippen molar-refractivity contribution in [2.45, 2.75) is 33.2 Å². The maximum Gasteiger partial charge on any atom is 0.0900 e. The van der Waals surface area contributed by atoms with E-state index in [4.69, 9.17) is 6.42 Å². The summed E-state index contributed by atoms with van der Waals surface area (Å²) in [4.78, 5) is 5.79. The van der Waals surface area contributed by atoms with Gasteiger partial charge in [-0.05, 0) is 20.8 Å². The second-order valence-electron chi connectivity index (χ2n) is 3.30. The molecule has 0 fully saturated rings. The summed E-state index contributed by atoms with van der Waals surface area (Å²) < 4.78 is 0. The van der Waals surface area contributed by atoms with Crippen molar-refractivity contribution in [3.8, 4) is 12.3 Å². The molecule has 0 amide bonds. The van der Waals surface area contributed by atoms with Crippen molar-refractivity contribution >= 4 is 11.3 Å². The lowest BCUT2D eigenvalue weighted by atomic mass is 10.2. The molecule has 2 nitrogen and oxygen atoms in total. The summed E-state index contributed by atoms with van der Waals surface area (Å²) in [6.45, 7) is 7.13. The minimum absolute atomic E-state index is 0.299. The fraction of sp³-hybridized carbons (Fsp3) is 0.545.